The molecule has 1 aromatic carbocycles. The maximum absolute atomic E-state index is 13.7. The number of halogens is 2. The third-order valence-corrected chi connectivity index (χ3v) is 4.48. The second-order valence-electron chi connectivity index (χ2n) is 5.13. The third kappa shape index (κ3) is 4.69. The first-order valence-electron chi connectivity index (χ1n) is 6.92. The highest BCUT2D eigenvalue weighted by molar-refractivity contribution is 8.00. The first kappa shape index (κ1) is 18.9. The number of carbonyl (C=O) groups is 2. The van der Waals surface area contributed by atoms with Crippen LogP contribution in [0.4, 0.5) is 4.39 Å². The summed E-state index contributed by atoms with van der Waals surface area (Å²) in [6.45, 7) is 5.66. The lowest BCUT2D eigenvalue weighted by atomic mass is 10.1. The van der Waals surface area contributed by atoms with E-state index in [1.807, 2.05) is 11.8 Å². The summed E-state index contributed by atoms with van der Waals surface area (Å²) in [4.78, 5) is 25.9. The van der Waals surface area contributed by atoms with E-state index in [9.17, 15) is 14.0 Å². The van der Waals surface area contributed by atoms with Crippen molar-refractivity contribution in [3.63, 3.8) is 0 Å². The highest BCUT2D eigenvalue weighted by atomic mass is 35.5. The summed E-state index contributed by atoms with van der Waals surface area (Å²) in [6, 6.07) is 4.65. The summed E-state index contributed by atoms with van der Waals surface area (Å²) in [5.41, 5.74) is 0.0846. The molecule has 22 heavy (non-hydrogen) atoms. The van der Waals surface area contributed by atoms with Crippen molar-refractivity contribution in [1.82, 2.24) is 10.2 Å². The fourth-order valence-corrected chi connectivity index (χ4v) is 3.12. The third-order valence-electron chi connectivity index (χ3n) is 3.50. The molecule has 1 heterocycles. The van der Waals surface area contributed by atoms with E-state index < -0.39 is 5.82 Å². The van der Waals surface area contributed by atoms with Crippen molar-refractivity contribution < 1.29 is 14.0 Å². The van der Waals surface area contributed by atoms with Crippen molar-refractivity contribution in [1.29, 1.82) is 0 Å². The molecular weight excluding hydrogens is 327 g/mol. The van der Waals surface area contributed by atoms with Crippen LogP contribution in [0.2, 0.25) is 0 Å². The number of amides is 1. The minimum absolute atomic E-state index is 0. The molecule has 0 unspecified atom stereocenters. The van der Waals surface area contributed by atoms with Crippen LogP contribution in [0.25, 0.3) is 0 Å². The summed E-state index contributed by atoms with van der Waals surface area (Å²) in [7, 11) is 0. The number of hydrogen-bond acceptors (Lipinski definition) is 4. The SMILES string of the molecule is CC(=O)c1ccc(SCC(=O)N2CCNC[C@@H]2C)cc1F.Cl. The molecule has 0 aromatic heterocycles. The fraction of sp³-hybridized carbons (Fsp3) is 0.467. The van der Waals surface area contributed by atoms with Gasteiger partial charge in [0, 0.05) is 30.6 Å². The lowest BCUT2D eigenvalue weighted by Gasteiger charge is -2.33. The number of Topliss-reactive ketones (excluding diaryl/α,β-unsaturated/α-hetero) is 1. The molecule has 0 bridgehead atoms. The molecule has 0 saturated carbocycles. The van der Waals surface area contributed by atoms with Gasteiger partial charge < -0.3 is 10.2 Å². The summed E-state index contributed by atoms with van der Waals surface area (Å²) in [6.07, 6.45) is 0. The topological polar surface area (TPSA) is 49.4 Å². The highest BCUT2D eigenvalue weighted by Gasteiger charge is 2.22. The Hall–Kier alpha value is -1.11. The zero-order valence-corrected chi connectivity index (χ0v) is 14.2. The lowest BCUT2D eigenvalue weighted by molar-refractivity contribution is -0.131. The van der Waals surface area contributed by atoms with Gasteiger partial charge in [0.15, 0.2) is 5.78 Å². The Bertz CT molecular complexity index is 556. The van der Waals surface area contributed by atoms with Crippen LogP contribution in [0.3, 0.4) is 0 Å². The predicted octanol–water partition coefficient (Wildman–Crippen LogP) is 2.36. The average molecular weight is 347 g/mol. The number of hydrogen-bond donors (Lipinski definition) is 1. The molecule has 2 rings (SSSR count). The van der Waals surface area contributed by atoms with Crippen LogP contribution >= 0.6 is 24.2 Å². The minimum atomic E-state index is -0.532. The maximum atomic E-state index is 13.7. The first-order valence-corrected chi connectivity index (χ1v) is 7.91. The number of nitrogens with one attached hydrogen (secondary N) is 1. The molecule has 1 aliphatic rings. The van der Waals surface area contributed by atoms with E-state index in [1.165, 1.54) is 30.8 Å². The Morgan fingerprint density at radius 1 is 1.45 bits per heavy atom. The van der Waals surface area contributed by atoms with Gasteiger partial charge in [0.1, 0.15) is 5.82 Å². The van der Waals surface area contributed by atoms with E-state index in [0.717, 1.165) is 13.1 Å². The van der Waals surface area contributed by atoms with Crippen molar-refractivity contribution >= 4 is 35.9 Å². The standard InChI is InChI=1S/C15H19FN2O2S.ClH/c1-10-8-17-5-6-18(10)15(20)9-21-12-3-4-13(11(2)19)14(16)7-12;/h3-4,7,10,17H,5-6,8-9H2,1-2H3;1H/t10-;/m0./s1. The van der Waals surface area contributed by atoms with Crippen molar-refractivity contribution in [3.05, 3.63) is 29.6 Å². The molecular formula is C15H20ClFN2O2S. The molecule has 1 fully saturated rings. The van der Waals surface area contributed by atoms with Gasteiger partial charge in [-0.2, -0.15) is 0 Å². The Kier molecular flexibility index (Phi) is 7.32. The highest BCUT2D eigenvalue weighted by Crippen LogP contribution is 2.22. The van der Waals surface area contributed by atoms with Gasteiger partial charge in [-0.25, -0.2) is 4.39 Å². The summed E-state index contributed by atoms with van der Waals surface area (Å²) < 4.78 is 13.7. The molecule has 0 spiro atoms. The predicted molar refractivity (Wildman–Crippen MR) is 88.4 cm³/mol. The second-order valence-corrected chi connectivity index (χ2v) is 6.18. The van der Waals surface area contributed by atoms with Gasteiger partial charge in [-0.05, 0) is 32.0 Å². The summed E-state index contributed by atoms with van der Waals surface area (Å²) >= 11 is 1.30. The molecule has 1 aliphatic heterocycles. The van der Waals surface area contributed by atoms with Crippen LogP contribution in [0.1, 0.15) is 24.2 Å². The number of carbonyl (C=O) groups excluding carboxylic acids is 2. The molecule has 122 valence electrons. The quantitative estimate of drug-likeness (QED) is 0.671. The van der Waals surface area contributed by atoms with Gasteiger partial charge in [-0.3, -0.25) is 9.59 Å². The zero-order valence-electron chi connectivity index (χ0n) is 12.6. The normalized spacial score (nSPS) is 17.8. The molecule has 4 nitrogen and oxygen atoms in total. The molecule has 1 N–H and O–H groups in total. The number of benzene rings is 1. The largest absolute Gasteiger partial charge is 0.337 e. The van der Waals surface area contributed by atoms with Gasteiger partial charge in [-0.1, -0.05) is 0 Å². The molecule has 1 atom stereocenters. The number of piperazine rings is 1. The van der Waals surface area contributed by atoms with E-state index in [0.29, 0.717) is 11.4 Å². The van der Waals surface area contributed by atoms with Crippen molar-refractivity contribution in [2.24, 2.45) is 0 Å². The van der Waals surface area contributed by atoms with Gasteiger partial charge in [0.25, 0.3) is 0 Å². The number of nitrogens with zero attached hydrogens (tertiary/aromatic N) is 1. The van der Waals surface area contributed by atoms with Crippen LogP contribution in [0.5, 0.6) is 0 Å². The number of thioether (sulfide) groups is 1. The van der Waals surface area contributed by atoms with Crippen LogP contribution < -0.4 is 5.32 Å². The molecule has 1 saturated heterocycles. The minimum Gasteiger partial charge on any atom is -0.337 e. The van der Waals surface area contributed by atoms with E-state index in [-0.39, 0.29) is 41.5 Å². The average Bonchev–Trinajstić information content (AvgIpc) is 2.45. The van der Waals surface area contributed by atoms with Crippen LogP contribution in [-0.2, 0) is 4.79 Å². The smallest absolute Gasteiger partial charge is 0.233 e. The van der Waals surface area contributed by atoms with E-state index >= 15 is 0 Å². The Balaban J connectivity index is 0.00000242. The summed E-state index contributed by atoms with van der Waals surface area (Å²) in [5, 5.41) is 3.24. The second kappa shape index (κ2) is 8.50. The van der Waals surface area contributed by atoms with Crippen molar-refractivity contribution in [3.8, 4) is 0 Å². The van der Waals surface area contributed by atoms with E-state index in [4.69, 9.17) is 0 Å². The van der Waals surface area contributed by atoms with Gasteiger partial charge >= 0.3 is 0 Å². The van der Waals surface area contributed by atoms with Gasteiger partial charge in [-0.15, -0.1) is 24.2 Å². The number of ketones is 1. The van der Waals surface area contributed by atoms with Crippen LogP contribution in [0.15, 0.2) is 23.1 Å². The molecule has 0 aliphatic carbocycles. The Morgan fingerprint density at radius 3 is 2.77 bits per heavy atom. The number of rotatable bonds is 4. The Morgan fingerprint density at radius 2 is 2.18 bits per heavy atom. The lowest BCUT2D eigenvalue weighted by Crippen LogP contribution is -2.52. The first-order chi connectivity index (χ1) is 9.99. The monoisotopic (exact) mass is 346 g/mol. The fourth-order valence-electron chi connectivity index (χ4n) is 2.31. The van der Waals surface area contributed by atoms with E-state index in [2.05, 4.69) is 5.32 Å². The van der Waals surface area contributed by atoms with E-state index in [1.54, 1.807) is 6.07 Å². The molecule has 1 aromatic rings. The zero-order chi connectivity index (χ0) is 15.4. The van der Waals surface area contributed by atoms with Crippen molar-refractivity contribution in [2.75, 3.05) is 25.4 Å². The van der Waals surface area contributed by atoms with Gasteiger partial charge in [0.2, 0.25) is 5.91 Å². The molecule has 1 amide bonds. The maximum Gasteiger partial charge on any atom is 0.233 e. The molecule has 0 radical (unpaired) electrons. The van der Waals surface area contributed by atoms with Crippen LogP contribution in [-0.4, -0.2) is 48.0 Å². The van der Waals surface area contributed by atoms with Crippen molar-refractivity contribution in [2.45, 2.75) is 24.8 Å². The molecule has 7 heteroatoms. The Labute approximate surface area is 140 Å². The summed E-state index contributed by atoms with van der Waals surface area (Å²) in [5.74, 6) is -0.487. The van der Waals surface area contributed by atoms with Gasteiger partial charge in [0.05, 0.1) is 11.3 Å². The van der Waals surface area contributed by atoms with Crippen LogP contribution in [0, 0.1) is 5.82 Å².